The number of rotatable bonds is 6. The van der Waals surface area contributed by atoms with E-state index >= 15 is 0 Å². The number of imidazole rings is 1. The number of aromatic nitrogens is 2. The fraction of sp³-hybridized carbons (Fsp3) is 0.0909. The number of carbonyl (C=O) groups is 1. The number of benzene rings is 2. The largest absolute Gasteiger partial charge is 0.493 e. The first-order valence-electron chi connectivity index (χ1n) is 9.03. The van der Waals surface area contributed by atoms with E-state index in [1.54, 1.807) is 37.4 Å². The number of nitrogens with one attached hydrogen (secondary N) is 1. The van der Waals surface area contributed by atoms with Crippen LogP contribution < -0.4 is 14.8 Å². The zero-order chi connectivity index (χ0) is 21.1. The van der Waals surface area contributed by atoms with Crippen LogP contribution in [-0.4, -0.2) is 22.4 Å². The molecule has 0 aliphatic rings. The summed E-state index contributed by atoms with van der Waals surface area (Å²) in [6.07, 6.45) is 3.82. The first-order valence-corrected chi connectivity index (χ1v) is 9.79. The Morgan fingerprint density at radius 2 is 1.97 bits per heavy atom. The number of ether oxygens (including phenoxy) is 2. The Labute approximate surface area is 183 Å². The van der Waals surface area contributed by atoms with Crippen molar-refractivity contribution in [3.8, 4) is 11.5 Å². The number of halogens is 2. The Kier molecular flexibility index (Phi) is 5.79. The molecule has 0 spiro atoms. The van der Waals surface area contributed by atoms with Crippen molar-refractivity contribution < 1.29 is 14.3 Å². The van der Waals surface area contributed by atoms with Gasteiger partial charge in [0.2, 0.25) is 0 Å². The monoisotopic (exact) mass is 441 g/mol. The summed E-state index contributed by atoms with van der Waals surface area (Å²) in [6.45, 7) is 0.246. The van der Waals surface area contributed by atoms with Gasteiger partial charge in [0.1, 0.15) is 12.3 Å². The van der Waals surface area contributed by atoms with Gasteiger partial charge in [0, 0.05) is 29.2 Å². The number of fused-ring (bicyclic) bond motifs is 1. The molecule has 0 saturated heterocycles. The molecule has 2 heterocycles. The van der Waals surface area contributed by atoms with Gasteiger partial charge in [-0.2, -0.15) is 0 Å². The molecule has 152 valence electrons. The van der Waals surface area contributed by atoms with Crippen LogP contribution in [0.5, 0.6) is 11.5 Å². The molecule has 1 amide bonds. The van der Waals surface area contributed by atoms with Crippen molar-refractivity contribution in [3.63, 3.8) is 0 Å². The molecular formula is C22H17Cl2N3O3. The third kappa shape index (κ3) is 4.35. The van der Waals surface area contributed by atoms with Gasteiger partial charge in [0.25, 0.3) is 5.91 Å². The lowest BCUT2D eigenvalue weighted by Gasteiger charge is -2.13. The zero-order valence-corrected chi connectivity index (χ0v) is 17.4. The topological polar surface area (TPSA) is 64.9 Å². The zero-order valence-electron chi connectivity index (χ0n) is 15.9. The maximum Gasteiger partial charge on any atom is 0.257 e. The Morgan fingerprint density at radius 1 is 1.10 bits per heavy atom. The number of pyridine rings is 1. The van der Waals surface area contributed by atoms with Gasteiger partial charge in [0.15, 0.2) is 11.5 Å². The molecule has 8 heteroatoms. The summed E-state index contributed by atoms with van der Waals surface area (Å²) in [5, 5.41) is 3.54. The van der Waals surface area contributed by atoms with Gasteiger partial charge in [-0.1, -0.05) is 29.3 Å². The van der Waals surface area contributed by atoms with Crippen LogP contribution in [-0.2, 0) is 6.61 Å². The van der Waals surface area contributed by atoms with Crippen molar-refractivity contribution in [2.45, 2.75) is 6.61 Å². The lowest BCUT2D eigenvalue weighted by Crippen LogP contribution is -2.12. The number of nitrogens with zero attached hydrogens (tertiary/aromatic N) is 2. The number of anilines is 1. The summed E-state index contributed by atoms with van der Waals surface area (Å²) in [4.78, 5) is 17.1. The molecule has 30 heavy (non-hydrogen) atoms. The fourth-order valence-electron chi connectivity index (χ4n) is 2.95. The molecular weight excluding hydrogens is 425 g/mol. The van der Waals surface area contributed by atoms with Crippen LogP contribution in [0.2, 0.25) is 10.0 Å². The van der Waals surface area contributed by atoms with E-state index in [2.05, 4.69) is 10.3 Å². The predicted octanol–water partition coefficient (Wildman–Crippen LogP) is 5.48. The van der Waals surface area contributed by atoms with Crippen LogP contribution >= 0.6 is 23.2 Å². The second-order valence-electron chi connectivity index (χ2n) is 6.43. The SMILES string of the molecule is COc1ccc(NC(=O)c2cc(Cl)ccc2Cl)cc1OCc1cn2ccccc2n1. The standard InChI is InChI=1S/C22H17Cl2N3O3/c1-29-19-8-6-15(26-22(28)17-10-14(23)5-7-18(17)24)11-20(19)30-13-16-12-27-9-3-2-4-21(27)25-16/h2-12H,13H2,1H3,(H,26,28). The number of carbonyl (C=O) groups excluding carboxylic acids is 1. The normalized spacial score (nSPS) is 10.8. The first-order chi connectivity index (χ1) is 14.5. The molecule has 1 N–H and O–H groups in total. The molecule has 0 aliphatic carbocycles. The molecule has 0 saturated carbocycles. The Morgan fingerprint density at radius 3 is 2.77 bits per heavy atom. The van der Waals surface area contributed by atoms with Crippen molar-refractivity contribution in [2.75, 3.05) is 12.4 Å². The molecule has 6 nitrogen and oxygen atoms in total. The molecule has 0 unspecified atom stereocenters. The molecule has 2 aromatic carbocycles. The quantitative estimate of drug-likeness (QED) is 0.430. The molecule has 0 aliphatic heterocycles. The highest BCUT2D eigenvalue weighted by atomic mass is 35.5. The predicted molar refractivity (Wildman–Crippen MR) is 117 cm³/mol. The van der Waals surface area contributed by atoms with E-state index in [4.69, 9.17) is 32.7 Å². The fourth-order valence-corrected chi connectivity index (χ4v) is 3.32. The van der Waals surface area contributed by atoms with E-state index in [0.717, 1.165) is 11.3 Å². The minimum atomic E-state index is -0.376. The molecule has 4 aromatic rings. The van der Waals surface area contributed by atoms with Crippen molar-refractivity contribution in [3.05, 3.63) is 88.3 Å². The molecule has 0 radical (unpaired) electrons. The summed E-state index contributed by atoms with van der Waals surface area (Å²) in [7, 11) is 1.55. The van der Waals surface area contributed by atoms with Crippen molar-refractivity contribution in [1.82, 2.24) is 9.38 Å². The van der Waals surface area contributed by atoms with Crippen LogP contribution in [0, 0.1) is 0 Å². The maximum absolute atomic E-state index is 12.6. The lowest BCUT2D eigenvalue weighted by molar-refractivity contribution is 0.102. The highest BCUT2D eigenvalue weighted by Crippen LogP contribution is 2.31. The highest BCUT2D eigenvalue weighted by Gasteiger charge is 2.14. The van der Waals surface area contributed by atoms with E-state index in [0.29, 0.717) is 27.2 Å². The molecule has 2 aromatic heterocycles. The number of amides is 1. The molecule has 0 bridgehead atoms. The Hall–Kier alpha value is -3.22. The summed E-state index contributed by atoms with van der Waals surface area (Å²) < 4.78 is 13.2. The van der Waals surface area contributed by atoms with Crippen molar-refractivity contribution >= 4 is 40.4 Å². The summed E-state index contributed by atoms with van der Waals surface area (Å²) in [6, 6.07) is 15.6. The van der Waals surface area contributed by atoms with Gasteiger partial charge in [-0.3, -0.25) is 4.79 Å². The molecule has 0 fully saturated rings. The Bertz CT molecular complexity index is 1190. The average molecular weight is 442 g/mol. The summed E-state index contributed by atoms with van der Waals surface area (Å²) in [5.41, 5.74) is 2.42. The lowest BCUT2D eigenvalue weighted by atomic mass is 10.2. The number of methoxy groups -OCH3 is 1. The summed E-state index contributed by atoms with van der Waals surface area (Å²) in [5.74, 6) is 0.640. The van der Waals surface area contributed by atoms with Crippen LogP contribution in [0.25, 0.3) is 5.65 Å². The van der Waals surface area contributed by atoms with Crippen molar-refractivity contribution in [2.24, 2.45) is 0 Å². The highest BCUT2D eigenvalue weighted by molar-refractivity contribution is 6.36. The second kappa shape index (κ2) is 8.65. The van der Waals surface area contributed by atoms with Gasteiger partial charge in [-0.15, -0.1) is 0 Å². The number of hydrogen-bond acceptors (Lipinski definition) is 4. The Balaban J connectivity index is 1.52. The van der Waals surface area contributed by atoms with E-state index in [9.17, 15) is 4.79 Å². The smallest absolute Gasteiger partial charge is 0.257 e. The van der Waals surface area contributed by atoms with E-state index < -0.39 is 0 Å². The summed E-state index contributed by atoms with van der Waals surface area (Å²) >= 11 is 12.1. The van der Waals surface area contributed by atoms with Gasteiger partial charge in [-0.25, -0.2) is 4.98 Å². The van der Waals surface area contributed by atoms with Crippen LogP contribution in [0.3, 0.4) is 0 Å². The van der Waals surface area contributed by atoms with Crippen LogP contribution in [0.4, 0.5) is 5.69 Å². The second-order valence-corrected chi connectivity index (χ2v) is 7.27. The first kappa shape index (κ1) is 20.1. The van der Waals surface area contributed by atoms with E-state index in [1.165, 1.54) is 6.07 Å². The van der Waals surface area contributed by atoms with Gasteiger partial charge < -0.3 is 19.2 Å². The van der Waals surface area contributed by atoms with E-state index in [-0.39, 0.29) is 18.1 Å². The van der Waals surface area contributed by atoms with Crippen LogP contribution in [0.15, 0.2) is 67.0 Å². The van der Waals surface area contributed by atoms with Crippen molar-refractivity contribution in [1.29, 1.82) is 0 Å². The maximum atomic E-state index is 12.6. The molecule has 4 rings (SSSR count). The minimum Gasteiger partial charge on any atom is -0.493 e. The van der Waals surface area contributed by atoms with Gasteiger partial charge >= 0.3 is 0 Å². The third-order valence-corrected chi connectivity index (χ3v) is 4.95. The number of hydrogen-bond donors (Lipinski definition) is 1. The average Bonchev–Trinajstić information content (AvgIpc) is 3.17. The van der Waals surface area contributed by atoms with Crippen LogP contribution in [0.1, 0.15) is 16.1 Å². The van der Waals surface area contributed by atoms with Gasteiger partial charge in [0.05, 0.1) is 23.4 Å². The molecule has 0 atom stereocenters. The minimum absolute atomic E-state index is 0.246. The van der Waals surface area contributed by atoms with E-state index in [1.807, 2.05) is 35.0 Å². The van der Waals surface area contributed by atoms with Gasteiger partial charge in [-0.05, 0) is 42.5 Å². The third-order valence-electron chi connectivity index (χ3n) is 4.38.